The largest absolute Gasteiger partial charge is 0.359 e. The zero-order valence-electron chi connectivity index (χ0n) is 17.0. The Balaban J connectivity index is 1.86. The molecule has 7 heteroatoms. The molecule has 0 aliphatic carbocycles. The Hall–Kier alpha value is -2.12. The zero-order chi connectivity index (χ0) is 20.9. The second-order valence-electron chi connectivity index (χ2n) is 7.99. The Morgan fingerprint density at radius 2 is 1.61 bits per heavy atom. The number of hydrogen-bond acceptors (Lipinski definition) is 3. The second kappa shape index (κ2) is 8.92. The fourth-order valence-corrected chi connectivity index (χ4v) is 3.50. The molecule has 2 aromatic rings. The Morgan fingerprint density at radius 3 is 2.11 bits per heavy atom. The molecule has 0 aliphatic rings. The average Bonchev–Trinajstić information content (AvgIpc) is 2.59. The van der Waals surface area contributed by atoms with Gasteiger partial charge in [-0.1, -0.05) is 57.2 Å². The lowest BCUT2D eigenvalue weighted by Gasteiger charge is -2.21. The molecule has 1 atom stereocenters. The first-order valence-electron chi connectivity index (χ1n) is 9.15. The van der Waals surface area contributed by atoms with Crippen molar-refractivity contribution in [1.29, 1.82) is 0 Å². The first-order chi connectivity index (χ1) is 12.9. The lowest BCUT2D eigenvalue weighted by atomic mass is 9.86. The Labute approximate surface area is 174 Å². The summed E-state index contributed by atoms with van der Waals surface area (Å²) in [6.45, 7) is 9.23. The topological polar surface area (TPSA) is 70.2 Å². The van der Waals surface area contributed by atoms with Crippen LogP contribution in [0, 0.1) is 0 Å². The fourth-order valence-electron chi connectivity index (χ4n) is 2.69. The molecule has 2 rings (SSSR count). The Kier molecular flexibility index (Phi) is 7.06. The monoisotopic (exact) mass is 419 g/mol. The van der Waals surface area contributed by atoms with Crippen LogP contribution in [0.2, 0.25) is 0 Å². The van der Waals surface area contributed by atoms with E-state index in [0.29, 0.717) is 17.3 Å². The molecule has 0 heterocycles. The molecule has 0 aliphatic heterocycles. The smallest absolute Gasteiger partial charge is 0.229 e. The predicted octanol–water partition coefficient (Wildman–Crippen LogP) is 4.08. The van der Waals surface area contributed by atoms with Crippen molar-refractivity contribution in [2.45, 2.75) is 45.7 Å². The summed E-state index contributed by atoms with van der Waals surface area (Å²) < 4.78 is 24.9. The van der Waals surface area contributed by atoms with E-state index < -0.39 is 10.0 Å². The van der Waals surface area contributed by atoms with Crippen molar-refractivity contribution in [2.75, 3.05) is 11.0 Å². The van der Waals surface area contributed by atoms with Gasteiger partial charge in [-0.05, 0) is 53.4 Å². The molecule has 0 amide bonds. The van der Waals surface area contributed by atoms with Crippen molar-refractivity contribution < 1.29 is 8.42 Å². The SMILES string of the molecule is C[C@H](NC(=S)NCc1ccc(NS(C)(=O)=O)cc1)c1ccc(C(C)(C)C)cc1. The van der Waals surface area contributed by atoms with Crippen molar-refractivity contribution in [2.24, 2.45) is 0 Å². The molecule has 0 spiro atoms. The molecule has 0 saturated carbocycles. The number of nitrogens with one attached hydrogen (secondary N) is 3. The third kappa shape index (κ3) is 7.13. The Morgan fingerprint density at radius 1 is 1.04 bits per heavy atom. The highest BCUT2D eigenvalue weighted by molar-refractivity contribution is 7.92. The summed E-state index contributed by atoms with van der Waals surface area (Å²) in [7, 11) is -3.26. The average molecular weight is 420 g/mol. The van der Waals surface area contributed by atoms with Gasteiger partial charge in [-0.2, -0.15) is 0 Å². The highest BCUT2D eigenvalue weighted by atomic mass is 32.2. The van der Waals surface area contributed by atoms with Crippen LogP contribution >= 0.6 is 12.2 Å². The molecule has 0 saturated heterocycles. The molecule has 0 unspecified atom stereocenters. The van der Waals surface area contributed by atoms with Crippen LogP contribution in [0.4, 0.5) is 5.69 Å². The lowest BCUT2D eigenvalue weighted by Crippen LogP contribution is -2.36. The molecule has 0 aromatic heterocycles. The molecule has 5 nitrogen and oxygen atoms in total. The standard InChI is InChI=1S/C21H29N3O2S2/c1-15(17-8-10-18(11-9-17)21(2,3)4)23-20(27)22-14-16-6-12-19(13-7-16)24-28(5,25)26/h6-13,15,24H,14H2,1-5H3,(H2,22,23,27)/t15-/m0/s1. The normalized spacial score (nSPS) is 12.9. The van der Waals surface area contributed by atoms with E-state index in [1.54, 1.807) is 12.1 Å². The summed E-state index contributed by atoms with van der Waals surface area (Å²) in [6.07, 6.45) is 1.13. The molecule has 3 N–H and O–H groups in total. The van der Waals surface area contributed by atoms with Crippen LogP contribution < -0.4 is 15.4 Å². The highest BCUT2D eigenvalue weighted by Gasteiger charge is 2.14. The van der Waals surface area contributed by atoms with Crippen LogP contribution in [0.15, 0.2) is 48.5 Å². The number of hydrogen-bond donors (Lipinski definition) is 3. The minimum Gasteiger partial charge on any atom is -0.359 e. The summed E-state index contributed by atoms with van der Waals surface area (Å²) in [6, 6.07) is 15.9. The van der Waals surface area contributed by atoms with Crippen LogP contribution in [0.1, 0.15) is 50.4 Å². The van der Waals surface area contributed by atoms with Gasteiger partial charge >= 0.3 is 0 Å². The van der Waals surface area contributed by atoms with E-state index in [1.165, 1.54) is 11.1 Å². The number of anilines is 1. The first-order valence-corrected chi connectivity index (χ1v) is 11.5. The van der Waals surface area contributed by atoms with E-state index in [0.717, 1.165) is 11.8 Å². The summed E-state index contributed by atoms with van der Waals surface area (Å²) in [5.41, 5.74) is 4.16. The lowest BCUT2D eigenvalue weighted by molar-refractivity contribution is 0.589. The minimum absolute atomic E-state index is 0.0929. The van der Waals surface area contributed by atoms with Gasteiger partial charge in [0.1, 0.15) is 0 Å². The fraction of sp³-hybridized carbons (Fsp3) is 0.381. The van der Waals surface area contributed by atoms with Gasteiger partial charge in [0.05, 0.1) is 12.3 Å². The third-order valence-corrected chi connectivity index (χ3v) is 5.20. The summed E-state index contributed by atoms with van der Waals surface area (Å²) in [5, 5.41) is 7.06. The summed E-state index contributed by atoms with van der Waals surface area (Å²) >= 11 is 5.40. The van der Waals surface area contributed by atoms with Gasteiger partial charge in [-0.25, -0.2) is 8.42 Å². The highest BCUT2D eigenvalue weighted by Crippen LogP contribution is 2.23. The molecular weight excluding hydrogens is 390 g/mol. The zero-order valence-corrected chi connectivity index (χ0v) is 18.7. The van der Waals surface area contributed by atoms with Crippen molar-refractivity contribution in [3.05, 3.63) is 65.2 Å². The van der Waals surface area contributed by atoms with Crippen LogP contribution in [0.5, 0.6) is 0 Å². The maximum absolute atomic E-state index is 11.2. The van der Waals surface area contributed by atoms with Gasteiger partial charge in [-0.15, -0.1) is 0 Å². The van der Waals surface area contributed by atoms with E-state index in [2.05, 4.69) is 67.3 Å². The molecule has 0 fully saturated rings. The van der Waals surface area contributed by atoms with Gasteiger partial charge in [-0.3, -0.25) is 4.72 Å². The molecule has 2 aromatic carbocycles. The van der Waals surface area contributed by atoms with Gasteiger partial charge in [0.15, 0.2) is 5.11 Å². The summed E-state index contributed by atoms with van der Waals surface area (Å²) in [4.78, 5) is 0. The van der Waals surface area contributed by atoms with Crippen molar-refractivity contribution >= 4 is 33.0 Å². The molecule has 0 bridgehead atoms. The molecule has 28 heavy (non-hydrogen) atoms. The van der Waals surface area contributed by atoms with Crippen LogP contribution in [-0.4, -0.2) is 19.8 Å². The maximum atomic E-state index is 11.2. The first kappa shape index (κ1) is 22.2. The van der Waals surface area contributed by atoms with Gasteiger partial charge in [0.25, 0.3) is 0 Å². The van der Waals surface area contributed by atoms with E-state index in [1.807, 2.05) is 12.1 Å². The van der Waals surface area contributed by atoms with E-state index in [4.69, 9.17) is 12.2 Å². The quantitative estimate of drug-likeness (QED) is 0.616. The third-order valence-electron chi connectivity index (χ3n) is 4.33. The number of benzene rings is 2. The summed E-state index contributed by atoms with van der Waals surface area (Å²) in [5.74, 6) is 0. The second-order valence-corrected chi connectivity index (χ2v) is 10.1. The number of thiocarbonyl (C=S) groups is 1. The van der Waals surface area contributed by atoms with Crippen molar-refractivity contribution in [1.82, 2.24) is 10.6 Å². The van der Waals surface area contributed by atoms with Crippen molar-refractivity contribution in [3.63, 3.8) is 0 Å². The van der Waals surface area contributed by atoms with Crippen LogP contribution in [0.25, 0.3) is 0 Å². The van der Waals surface area contributed by atoms with Gasteiger partial charge < -0.3 is 10.6 Å². The van der Waals surface area contributed by atoms with Crippen LogP contribution in [0.3, 0.4) is 0 Å². The minimum atomic E-state index is -3.26. The van der Waals surface area contributed by atoms with Crippen molar-refractivity contribution in [3.8, 4) is 0 Å². The van der Waals surface area contributed by atoms with E-state index in [9.17, 15) is 8.42 Å². The number of sulfonamides is 1. The molecule has 0 radical (unpaired) electrons. The molecule has 152 valence electrons. The van der Waals surface area contributed by atoms with E-state index >= 15 is 0 Å². The van der Waals surface area contributed by atoms with Gasteiger partial charge in [0, 0.05) is 12.2 Å². The Bertz CT molecular complexity index is 900. The van der Waals surface area contributed by atoms with Crippen LogP contribution in [-0.2, 0) is 22.0 Å². The van der Waals surface area contributed by atoms with Gasteiger partial charge in [0.2, 0.25) is 10.0 Å². The number of rotatable bonds is 6. The molecular formula is C21H29N3O2S2. The maximum Gasteiger partial charge on any atom is 0.229 e. The van der Waals surface area contributed by atoms with E-state index in [-0.39, 0.29) is 11.5 Å². The predicted molar refractivity (Wildman–Crippen MR) is 121 cm³/mol.